The van der Waals surface area contributed by atoms with Crippen molar-refractivity contribution in [3.8, 4) is 11.5 Å². The Morgan fingerprint density at radius 2 is 1.86 bits per heavy atom. The van der Waals surface area contributed by atoms with Crippen LogP contribution in [0, 0.1) is 0 Å². The number of aliphatic hydroxyl groups is 2. The number of β-amino-alcohol motifs (C(OH)–C–C–N with tert-alkyl or cyclic N) is 1. The van der Waals surface area contributed by atoms with Gasteiger partial charge in [-0.25, -0.2) is 0 Å². The highest BCUT2D eigenvalue weighted by Crippen LogP contribution is 2.41. The molecule has 1 saturated heterocycles. The van der Waals surface area contributed by atoms with Gasteiger partial charge in [0.05, 0.1) is 24.8 Å². The van der Waals surface area contributed by atoms with Gasteiger partial charge >= 0.3 is 0 Å². The zero-order valence-corrected chi connectivity index (χ0v) is 16.6. The van der Waals surface area contributed by atoms with Crippen molar-refractivity contribution >= 4 is 29.1 Å². The Bertz CT molecular complexity index is 983. The minimum atomic E-state index is -0.963. The van der Waals surface area contributed by atoms with E-state index < -0.39 is 23.8 Å². The van der Waals surface area contributed by atoms with E-state index in [4.69, 9.17) is 16.3 Å². The standard InChI is InChI=1S/C21H20ClNO6/c1-11(24)10-23-18(13-5-8-15(25)16(9-13)29-2)17(20(27)21(23)28)19(26)12-3-6-14(22)7-4-12/h3-9,11,18,24-26H,10H2,1-2H3/t11-,18-/m1/s1. The van der Waals surface area contributed by atoms with Crippen molar-refractivity contribution in [2.45, 2.75) is 19.1 Å². The molecule has 7 nitrogen and oxygen atoms in total. The van der Waals surface area contributed by atoms with Crippen LogP contribution in [0.5, 0.6) is 11.5 Å². The SMILES string of the molecule is COc1cc([C@@H]2C(=C(O)c3ccc(Cl)cc3)C(=O)C(=O)N2C[C@@H](C)O)ccc1O. The molecule has 3 rings (SSSR count). The van der Waals surface area contributed by atoms with Crippen molar-refractivity contribution < 1.29 is 29.6 Å². The van der Waals surface area contributed by atoms with Gasteiger partial charge < -0.3 is 25.0 Å². The molecule has 1 fully saturated rings. The monoisotopic (exact) mass is 417 g/mol. The van der Waals surface area contributed by atoms with Gasteiger partial charge in [-0.15, -0.1) is 0 Å². The number of Topliss-reactive ketones (excluding diaryl/α,β-unsaturated/α-hetero) is 1. The van der Waals surface area contributed by atoms with Crippen LogP contribution in [-0.2, 0) is 9.59 Å². The quantitative estimate of drug-likeness (QED) is 0.392. The van der Waals surface area contributed by atoms with Gasteiger partial charge in [0.15, 0.2) is 11.5 Å². The van der Waals surface area contributed by atoms with Gasteiger partial charge in [-0.2, -0.15) is 0 Å². The number of phenolic OH excluding ortho intramolecular Hbond substituents is 1. The topological polar surface area (TPSA) is 107 Å². The lowest BCUT2D eigenvalue weighted by atomic mass is 9.95. The largest absolute Gasteiger partial charge is 0.507 e. The predicted octanol–water partition coefficient (Wildman–Crippen LogP) is 2.86. The van der Waals surface area contributed by atoms with Gasteiger partial charge in [-0.1, -0.05) is 17.7 Å². The number of phenols is 1. The Morgan fingerprint density at radius 1 is 1.21 bits per heavy atom. The van der Waals surface area contributed by atoms with E-state index in [9.17, 15) is 24.9 Å². The molecule has 8 heteroatoms. The number of carbonyl (C=O) groups is 2. The third-order valence-electron chi connectivity index (χ3n) is 4.64. The van der Waals surface area contributed by atoms with Gasteiger partial charge in [-0.3, -0.25) is 9.59 Å². The molecule has 0 radical (unpaired) electrons. The van der Waals surface area contributed by atoms with Crippen LogP contribution in [0.4, 0.5) is 0 Å². The van der Waals surface area contributed by atoms with Crippen LogP contribution >= 0.6 is 11.6 Å². The summed E-state index contributed by atoms with van der Waals surface area (Å²) in [6.45, 7) is 1.38. The van der Waals surface area contributed by atoms with E-state index in [0.29, 0.717) is 16.1 Å². The zero-order valence-electron chi connectivity index (χ0n) is 15.8. The van der Waals surface area contributed by atoms with Crippen molar-refractivity contribution in [2.24, 2.45) is 0 Å². The molecule has 29 heavy (non-hydrogen) atoms. The highest BCUT2D eigenvalue weighted by Gasteiger charge is 2.46. The Labute approximate surface area is 172 Å². The molecule has 1 heterocycles. The Kier molecular flexibility index (Phi) is 5.81. The van der Waals surface area contributed by atoms with E-state index in [1.165, 1.54) is 49.3 Å². The molecule has 0 aliphatic carbocycles. The van der Waals surface area contributed by atoms with Gasteiger partial charge in [-0.05, 0) is 48.9 Å². The van der Waals surface area contributed by atoms with E-state index in [1.807, 2.05) is 0 Å². The second-order valence-corrected chi connectivity index (χ2v) is 7.18. The average molecular weight is 418 g/mol. The summed E-state index contributed by atoms with van der Waals surface area (Å²) >= 11 is 5.89. The predicted molar refractivity (Wildman–Crippen MR) is 107 cm³/mol. The number of hydrogen-bond acceptors (Lipinski definition) is 6. The van der Waals surface area contributed by atoms with Crippen LogP contribution < -0.4 is 4.74 Å². The molecule has 0 bridgehead atoms. The second-order valence-electron chi connectivity index (χ2n) is 6.74. The molecule has 0 unspecified atom stereocenters. The average Bonchev–Trinajstić information content (AvgIpc) is 2.93. The number of nitrogens with zero attached hydrogens (tertiary/aromatic N) is 1. The van der Waals surface area contributed by atoms with Crippen LogP contribution in [-0.4, -0.2) is 51.7 Å². The molecule has 2 aromatic rings. The number of carbonyl (C=O) groups excluding carboxylic acids is 2. The number of hydrogen-bond donors (Lipinski definition) is 3. The number of likely N-dealkylation sites (tertiary alicyclic amines) is 1. The Balaban J connectivity index is 2.21. The maximum atomic E-state index is 12.8. The van der Waals surface area contributed by atoms with Crippen molar-refractivity contribution in [1.29, 1.82) is 0 Å². The number of amides is 1. The second kappa shape index (κ2) is 8.14. The Hall–Kier alpha value is -3.03. The summed E-state index contributed by atoms with van der Waals surface area (Å²) < 4.78 is 5.13. The molecule has 1 aliphatic heterocycles. The molecule has 3 N–H and O–H groups in total. The number of ketones is 1. The summed E-state index contributed by atoms with van der Waals surface area (Å²) in [7, 11) is 1.37. The van der Waals surface area contributed by atoms with E-state index in [0.717, 1.165) is 0 Å². The fraction of sp³-hybridized carbons (Fsp3) is 0.238. The maximum Gasteiger partial charge on any atom is 0.295 e. The minimum Gasteiger partial charge on any atom is -0.507 e. The summed E-state index contributed by atoms with van der Waals surface area (Å²) in [6, 6.07) is 9.60. The highest BCUT2D eigenvalue weighted by atomic mass is 35.5. The normalized spacial score (nSPS) is 19.4. The van der Waals surface area contributed by atoms with Gasteiger partial charge in [0.2, 0.25) is 0 Å². The molecule has 2 atom stereocenters. The summed E-state index contributed by atoms with van der Waals surface area (Å²) in [5.41, 5.74) is 0.640. The van der Waals surface area contributed by atoms with E-state index in [2.05, 4.69) is 0 Å². The van der Waals surface area contributed by atoms with Crippen molar-refractivity contribution in [2.75, 3.05) is 13.7 Å². The van der Waals surface area contributed by atoms with Gasteiger partial charge in [0.25, 0.3) is 11.7 Å². The van der Waals surface area contributed by atoms with Crippen LogP contribution in [0.2, 0.25) is 5.02 Å². The first kappa shape index (κ1) is 20.7. The number of halogens is 1. The number of benzene rings is 2. The van der Waals surface area contributed by atoms with Crippen LogP contribution in [0.1, 0.15) is 24.1 Å². The molecule has 1 aliphatic rings. The molecular formula is C21H20ClNO6. The van der Waals surface area contributed by atoms with Crippen LogP contribution in [0.15, 0.2) is 48.0 Å². The van der Waals surface area contributed by atoms with E-state index in [-0.39, 0.29) is 29.4 Å². The summed E-state index contributed by atoms with van der Waals surface area (Å²) in [5.74, 6) is -2.02. The van der Waals surface area contributed by atoms with Crippen LogP contribution in [0.25, 0.3) is 5.76 Å². The smallest absolute Gasteiger partial charge is 0.295 e. The summed E-state index contributed by atoms with van der Waals surface area (Å²) in [5, 5.41) is 31.0. The molecule has 0 aromatic heterocycles. The number of aromatic hydroxyl groups is 1. The van der Waals surface area contributed by atoms with Crippen molar-refractivity contribution in [3.63, 3.8) is 0 Å². The lowest BCUT2D eigenvalue weighted by Crippen LogP contribution is -2.35. The first-order valence-corrected chi connectivity index (χ1v) is 9.21. The number of rotatable bonds is 5. The lowest BCUT2D eigenvalue weighted by molar-refractivity contribution is -0.140. The summed E-state index contributed by atoms with van der Waals surface area (Å²) in [4.78, 5) is 26.6. The van der Waals surface area contributed by atoms with E-state index >= 15 is 0 Å². The van der Waals surface area contributed by atoms with Crippen molar-refractivity contribution in [3.05, 3.63) is 64.2 Å². The first-order valence-electron chi connectivity index (χ1n) is 8.84. The van der Waals surface area contributed by atoms with Gasteiger partial charge in [0, 0.05) is 17.1 Å². The first-order chi connectivity index (χ1) is 13.7. The minimum absolute atomic E-state index is 0.110. The highest BCUT2D eigenvalue weighted by molar-refractivity contribution is 6.46. The van der Waals surface area contributed by atoms with E-state index in [1.54, 1.807) is 12.1 Å². The molecule has 2 aromatic carbocycles. The molecule has 0 spiro atoms. The molecule has 1 amide bonds. The zero-order chi connectivity index (χ0) is 21.3. The molecular weight excluding hydrogens is 398 g/mol. The fourth-order valence-electron chi connectivity index (χ4n) is 3.33. The summed E-state index contributed by atoms with van der Waals surface area (Å²) in [6.07, 6.45) is -0.898. The maximum absolute atomic E-state index is 12.8. The number of methoxy groups -OCH3 is 1. The molecule has 0 saturated carbocycles. The molecule has 152 valence electrons. The third-order valence-corrected chi connectivity index (χ3v) is 4.89. The third kappa shape index (κ3) is 3.92. The lowest BCUT2D eigenvalue weighted by Gasteiger charge is -2.26. The number of ether oxygens (including phenoxy) is 1. The van der Waals surface area contributed by atoms with Crippen molar-refractivity contribution in [1.82, 2.24) is 4.90 Å². The van der Waals surface area contributed by atoms with Crippen LogP contribution in [0.3, 0.4) is 0 Å². The Morgan fingerprint density at radius 3 is 2.45 bits per heavy atom. The number of aliphatic hydroxyl groups excluding tert-OH is 2. The van der Waals surface area contributed by atoms with Gasteiger partial charge in [0.1, 0.15) is 5.76 Å². The fourth-order valence-corrected chi connectivity index (χ4v) is 3.45.